The first kappa shape index (κ1) is 9.28. The quantitative estimate of drug-likeness (QED) is 0.681. The van der Waals surface area contributed by atoms with Gasteiger partial charge in [-0.2, -0.15) is 0 Å². The first-order valence-electron chi connectivity index (χ1n) is 4.56. The summed E-state index contributed by atoms with van der Waals surface area (Å²) in [6.07, 6.45) is 0. The predicted molar refractivity (Wildman–Crippen MR) is 64.8 cm³/mol. The average molecular weight is 251 g/mol. The second-order valence-electron chi connectivity index (χ2n) is 4.40. The van der Waals surface area contributed by atoms with Gasteiger partial charge in [0.2, 0.25) is 0 Å². The van der Waals surface area contributed by atoms with Crippen LogP contribution in [0.4, 0.5) is 0 Å². The molecule has 13 heavy (non-hydrogen) atoms. The van der Waals surface area contributed by atoms with Crippen LogP contribution in [-0.2, 0) is 0 Å². The molecule has 0 radical (unpaired) electrons. The molecular weight excluding hydrogens is 237 g/mol. The van der Waals surface area contributed by atoms with Gasteiger partial charge in [0.1, 0.15) is 0 Å². The fourth-order valence-corrected chi connectivity index (χ4v) is 7.68. The Bertz CT molecular complexity index is 423. The molecule has 1 heterocycles. The van der Waals surface area contributed by atoms with Gasteiger partial charge in [0.25, 0.3) is 0 Å². The third-order valence-electron chi connectivity index (χ3n) is 2.29. The van der Waals surface area contributed by atoms with E-state index >= 15 is 0 Å². The van der Waals surface area contributed by atoms with Crippen molar-refractivity contribution in [2.75, 3.05) is 0 Å². The molecule has 2 rings (SSSR count). The molecule has 68 valence electrons. The van der Waals surface area contributed by atoms with Crippen molar-refractivity contribution in [3.05, 3.63) is 29.6 Å². The summed E-state index contributed by atoms with van der Waals surface area (Å²) in [7, 11) is 0. The van der Waals surface area contributed by atoms with Gasteiger partial charge in [-0.3, -0.25) is 0 Å². The third kappa shape index (κ3) is 1.67. The summed E-state index contributed by atoms with van der Waals surface area (Å²) in [6, 6.07) is 8.75. The second-order valence-corrected chi connectivity index (χ2v) is 15.9. The van der Waals surface area contributed by atoms with E-state index in [1.165, 1.54) is 10.1 Å². The Morgan fingerprint density at radius 3 is 2.46 bits per heavy atom. The van der Waals surface area contributed by atoms with Crippen molar-refractivity contribution < 1.29 is 0 Å². The summed E-state index contributed by atoms with van der Waals surface area (Å²) in [5.74, 6) is 7.36. The topological polar surface area (TPSA) is 0 Å². The first-order chi connectivity index (χ1) is 6.09. The maximum absolute atomic E-state index is 2.45. The summed E-state index contributed by atoms with van der Waals surface area (Å²) in [6.45, 7) is 0. The fourth-order valence-electron chi connectivity index (χ4n) is 1.56. The monoisotopic (exact) mass is 252 g/mol. The molecule has 0 fully saturated rings. The molecule has 0 aliphatic rings. The van der Waals surface area contributed by atoms with E-state index < -0.39 is 13.3 Å². The van der Waals surface area contributed by atoms with Crippen molar-refractivity contribution in [3.63, 3.8) is 0 Å². The zero-order valence-electron chi connectivity index (χ0n) is 8.29. The molecule has 0 saturated carbocycles. The number of rotatable bonds is 1. The Morgan fingerprint density at radius 2 is 1.77 bits per heavy atom. The van der Waals surface area contributed by atoms with Gasteiger partial charge in [-0.1, -0.05) is 0 Å². The van der Waals surface area contributed by atoms with Gasteiger partial charge in [0, 0.05) is 0 Å². The predicted octanol–water partition coefficient (Wildman–Crippen LogP) is 3.45. The van der Waals surface area contributed by atoms with Crippen molar-refractivity contribution in [2.24, 2.45) is 0 Å². The third-order valence-corrected chi connectivity index (χ3v) is 7.95. The Hall–Kier alpha value is -0.277. The van der Waals surface area contributed by atoms with Crippen LogP contribution in [0.25, 0.3) is 10.1 Å². The van der Waals surface area contributed by atoms with Crippen LogP contribution in [0.3, 0.4) is 0 Å². The molecule has 0 aliphatic heterocycles. The Balaban J connectivity index is 2.72. The molecule has 0 amide bonds. The summed E-state index contributed by atoms with van der Waals surface area (Å²) >= 11 is 0.263. The van der Waals surface area contributed by atoms with Crippen molar-refractivity contribution >= 4 is 39.1 Å². The van der Waals surface area contributed by atoms with Gasteiger partial charge < -0.3 is 0 Å². The zero-order valence-corrected chi connectivity index (χ0v) is 11.2. The number of hydrogen-bond acceptors (Lipinski definition) is 1. The maximum atomic E-state index is 2.45. The van der Waals surface area contributed by atoms with Crippen LogP contribution < -0.4 is 4.40 Å². The van der Waals surface area contributed by atoms with E-state index in [0.717, 1.165) is 0 Å². The Morgan fingerprint density at radius 1 is 1.08 bits per heavy atom. The van der Waals surface area contributed by atoms with E-state index in [9.17, 15) is 0 Å². The van der Waals surface area contributed by atoms with Crippen molar-refractivity contribution in [3.8, 4) is 0 Å². The van der Waals surface area contributed by atoms with Crippen LogP contribution in [0.1, 0.15) is 0 Å². The van der Waals surface area contributed by atoms with E-state index in [0.29, 0.717) is 0 Å². The zero-order chi connectivity index (χ0) is 9.47. The van der Waals surface area contributed by atoms with E-state index in [1.807, 2.05) is 11.3 Å². The van der Waals surface area contributed by atoms with E-state index in [2.05, 4.69) is 46.9 Å². The summed E-state index contributed by atoms with van der Waals surface area (Å²) in [5.41, 5.74) is 0. The summed E-state index contributed by atoms with van der Waals surface area (Å²) < 4.78 is 3.10. The molecule has 0 atom stereocenters. The second kappa shape index (κ2) is 3.14. The molecule has 1 aromatic carbocycles. The van der Waals surface area contributed by atoms with Gasteiger partial charge in [-0.15, -0.1) is 0 Å². The van der Waals surface area contributed by atoms with Crippen LogP contribution in [0, 0.1) is 0 Å². The number of benzene rings is 1. The minimum absolute atomic E-state index is 1.44. The molecule has 1 aromatic heterocycles. The van der Waals surface area contributed by atoms with Crippen LogP contribution in [-0.4, -0.2) is 13.3 Å². The summed E-state index contributed by atoms with van der Waals surface area (Å²) in [4.78, 5) is 0. The van der Waals surface area contributed by atoms with E-state index in [-0.39, 0.29) is 0 Å². The van der Waals surface area contributed by atoms with E-state index in [1.54, 1.807) is 4.40 Å². The molecule has 2 heteroatoms. The van der Waals surface area contributed by atoms with Gasteiger partial charge in [0.05, 0.1) is 0 Å². The van der Waals surface area contributed by atoms with Crippen molar-refractivity contribution in [2.45, 2.75) is 17.3 Å². The molecule has 0 nitrogen and oxygen atoms in total. The Kier molecular flexibility index (Phi) is 2.24. The van der Waals surface area contributed by atoms with Gasteiger partial charge >= 0.3 is 86.0 Å². The molecule has 0 unspecified atom stereocenters. The van der Waals surface area contributed by atoms with Gasteiger partial charge in [-0.25, -0.2) is 0 Å². The standard InChI is InChI=1S/C11H14GeS/c1-12(2,3)10-8-13-11-7-5-4-6-9(10)11/h4-8H,1-3H3. The molecule has 0 saturated heterocycles. The molecule has 2 aromatic rings. The SMILES string of the molecule is [CH3][Ge]([CH3])([CH3])[c]1csc2ccccc12. The molecule has 0 aliphatic carbocycles. The average Bonchev–Trinajstić information content (AvgIpc) is 2.45. The minimum atomic E-state index is -1.62. The van der Waals surface area contributed by atoms with Crippen LogP contribution in [0.5, 0.6) is 0 Å². The normalized spacial score (nSPS) is 12.2. The van der Waals surface area contributed by atoms with Crippen LogP contribution in [0.2, 0.25) is 17.3 Å². The van der Waals surface area contributed by atoms with Crippen LogP contribution >= 0.6 is 11.3 Å². The van der Waals surface area contributed by atoms with E-state index in [4.69, 9.17) is 0 Å². The number of fused-ring (bicyclic) bond motifs is 1. The molecule has 0 spiro atoms. The van der Waals surface area contributed by atoms with Crippen molar-refractivity contribution in [1.29, 1.82) is 0 Å². The van der Waals surface area contributed by atoms with Crippen LogP contribution in [0.15, 0.2) is 29.6 Å². The van der Waals surface area contributed by atoms with Gasteiger partial charge in [-0.05, 0) is 0 Å². The Labute approximate surface area is 86.0 Å². The number of thiophene rings is 1. The molecule has 0 bridgehead atoms. The first-order valence-corrected chi connectivity index (χ1v) is 12.8. The fraction of sp³-hybridized carbons (Fsp3) is 0.273. The molecular formula is C11H14GeS. The molecule has 0 N–H and O–H groups in total. The summed E-state index contributed by atoms with van der Waals surface area (Å²) in [5, 5.41) is 3.87. The number of hydrogen-bond donors (Lipinski definition) is 0. The van der Waals surface area contributed by atoms with Crippen molar-refractivity contribution in [1.82, 2.24) is 0 Å². The van der Waals surface area contributed by atoms with Gasteiger partial charge in [0.15, 0.2) is 0 Å².